The smallest absolute Gasteiger partial charge is 0.159 e. The van der Waals surface area contributed by atoms with E-state index in [1.165, 1.54) is 0 Å². The molecule has 1 aromatic rings. The number of aromatic nitrogens is 1. The standard InChI is InChI=1S/C15H17NO/c1-10(2)12-8-13(11(3)15(17)9-12)14-6-4-5-7-16-14/h4-7,12H,1,8-9H2,2-3H3/t12-/m0/s1. The van der Waals surface area contributed by atoms with Gasteiger partial charge in [-0.05, 0) is 49.5 Å². The number of allylic oxidation sites excluding steroid dienone is 3. The first-order valence-corrected chi connectivity index (χ1v) is 5.89. The van der Waals surface area contributed by atoms with Crippen LogP contribution in [0.1, 0.15) is 32.4 Å². The summed E-state index contributed by atoms with van der Waals surface area (Å²) >= 11 is 0. The fourth-order valence-corrected chi connectivity index (χ4v) is 2.20. The number of pyridine rings is 1. The Kier molecular flexibility index (Phi) is 3.23. The van der Waals surface area contributed by atoms with Gasteiger partial charge in [-0.15, -0.1) is 0 Å². The zero-order chi connectivity index (χ0) is 12.4. The molecule has 0 aliphatic heterocycles. The first kappa shape index (κ1) is 11.8. The van der Waals surface area contributed by atoms with Crippen LogP contribution in [0, 0.1) is 5.92 Å². The fraction of sp³-hybridized carbons (Fsp3) is 0.333. The Labute approximate surface area is 102 Å². The molecule has 0 amide bonds. The van der Waals surface area contributed by atoms with Crippen LogP contribution in [0.4, 0.5) is 0 Å². The summed E-state index contributed by atoms with van der Waals surface area (Å²) < 4.78 is 0. The van der Waals surface area contributed by atoms with Crippen molar-refractivity contribution in [2.75, 3.05) is 0 Å². The molecule has 1 aromatic heterocycles. The maximum atomic E-state index is 12.0. The fourth-order valence-electron chi connectivity index (χ4n) is 2.20. The molecule has 2 heteroatoms. The number of rotatable bonds is 2. The van der Waals surface area contributed by atoms with Crippen molar-refractivity contribution in [3.05, 3.63) is 47.8 Å². The summed E-state index contributed by atoms with van der Waals surface area (Å²) in [6.07, 6.45) is 3.24. The van der Waals surface area contributed by atoms with Crippen LogP contribution in [0.15, 0.2) is 42.1 Å². The van der Waals surface area contributed by atoms with E-state index < -0.39 is 0 Å². The molecule has 0 saturated heterocycles. The van der Waals surface area contributed by atoms with Crippen LogP contribution < -0.4 is 0 Å². The van der Waals surface area contributed by atoms with Gasteiger partial charge >= 0.3 is 0 Å². The maximum absolute atomic E-state index is 12.0. The van der Waals surface area contributed by atoms with Gasteiger partial charge in [-0.25, -0.2) is 0 Å². The van der Waals surface area contributed by atoms with Crippen LogP contribution in [0.3, 0.4) is 0 Å². The Morgan fingerprint density at radius 2 is 2.18 bits per heavy atom. The molecule has 1 aliphatic carbocycles. The molecule has 88 valence electrons. The van der Waals surface area contributed by atoms with Gasteiger partial charge in [0.25, 0.3) is 0 Å². The second kappa shape index (κ2) is 4.66. The largest absolute Gasteiger partial charge is 0.295 e. The molecule has 2 rings (SSSR count). The van der Waals surface area contributed by atoms with Crippen molar-refractivity contribution < 1.29 is 4.79 Å². The van der Waals surface area contributed by atoms with Crippen LogP contribution in [-0.4, -0.2) is 10.8 Å². The van der Waals surface area contributed by atoms with Crippen LogP contribution in [0.25, 0.3) is 5.57 Å². The molecule has 0 bridgehead atoms. The average molecular weight is 227 g/mol. The van der Waals surface area contributed by atoms with Gasteiger partial charge in [-0.3, -0.25) is 9.78 Å². The zero-order valence-corrected chi connectivity index (χ0v) is 10.4. The Bertz CT molecular complexity index is 485. The molecule has 1 aliphatic rings. The van der Waals surface area contributed by atoms with E-state index in [9.17, 15) is 4.79 Å². The third-order valence-electron chi connectivity index (χ3n) is 3.42. The second-order valence-corrected chi connectivity index (χ2v) is 4.69. The average Bonchev–Trinajstić information content (AvgIpc) is 2.33. The first-order chi connectivity index (χ1) is 8.09. The Morgan fingerprint density at radius 3 is 2.76 bits per heavy atom. The lowest BCUT2D eigenvalue weighted by atomic mass is 9.79. The zero-order valence-electron chi connectivity index (χ0n) is 10.4. The highest BCUT2D eigenvalue weighted by Crippen LogP contribution is 2.35. The van der Waals surface area contributed by atoms with Crippen molar-refractivity contribution in [2.45, 2.75) is 26.7 Å². The highest BCUT2D eigenvalue weighted by atomic mass is 16.1. The minimum Gasteiger partial charge on any atom is -0.295 e. The van der Waals surface area contributed by atoms with E-state index in [-0.39, 0.29) is 11.7 Å². The van der Waals surface area contributed by atoms with E-state index in [2.05, 4.69) is 11.6 Å². The molecule has 0 aromatic carbocycles. The van der Waals surface area contributed by atoms with E-state index in [1.54, 1.807) is 6.20 Å². The van der Waals surface area contributed by atoms with Gasteiger partial charge in [0, 0.05) is 12.6 Å². The normalized spacial score (nSPS) is 20.6. The van der Waals surface area contributed by atoms with E-state index in [1.807, 2.05) is 32.0 Å². The summed E-state index contributed by atoms with van der Waals surface area (Å²) in [4.78, 5) is 16.3. The van der Waals surface area contributed by atoms with E-state index in [4.69, 9.17) is 0 Å². The Balaban J connectivity index is 2.40. The van der Waals surface area contributed by atoms with Crippen LogP contribution in [-0.2, 0) is 4.79 Å². The van der Waals surface area contributed by atoms with Crippen LogP contribution >= 0.6 is 0 Å². The Hall–Kier alpha value is -1.70. The predicted molar refractivity (Wildman–Crippen MR) is 69.4 cm³/mol. The van der Waals surface area contributed by atoms with Gasteiger partial charge in [-0.2, -0.15) is 0 Å². The molecule has 0 unspecified atom stereocenters. The second-order valence-electron chi connectivity index (χ2n) is 4.69. The number of carbonyl (C=O) groups is 1. The van der Waals surface area contributed by atoms with Crippen molar-refractivity contribution in [3.8, 4) is 0 Å². The third kappa shape index (κ3) is 2.36. The number of hydrogen-bond donors (Lipinski definition) is 0. The van der Waals surface area contributed by atoms with Gasteiger partial charge in [0.2, 0.25) is 0 Å². The van der Waals surface area contributed by atoms with E-state index in [0.717, 1.165) is 28.8 Å². The molecule has 17 heavy (non-hydrogen) atoms. The predicted octanol–water partition coefficient (Wildman–Crippen LogP) is 3.41. The van der Waals surface area contributed by atoms with Crippen LogP contribution in [0.5, 0.6) is 0 Å². The molecular weight excluding hydrogens is 210 g/mol. The van der Waals surface area contributed by atoms with Crippen molar-refractivity contribution in [3.63, 3.8) is 0 Å². The van der Waals surface area contributed by atoms with Crippen LogP contribution in [0.2, 0.25) is 0 Å². The summed E-state index contributed by atoms with van der Waals surface area (Å²) in [6, 6.07) is 5.81. The number of ketones is 1. The van der Waals surface area contributed by atoms with E-state index >= 15 is 0 Å². The minimum atomic E-state index is 0.227. The molecule has 1 heterocycles. The molecule has 0 spiro atoms. The summed E-state index contributed by atoms with van der Waals surface area (Å²) in [5.74, 6) is 0.494. The maximum Gasteiger partial charge on any atom is 0.159 e. The van der Waals surface area contributed by atoms with Crippen molar-refractivity contribution in [2.24, 2.45) is 5.92 Å². The topological polar surface area (TPSA) is 30.0 Å². The third-order valence-corrected chi connectivity index (χ3v) is 3.42. The molecular formula is C15H17NO. The molecule has 0 fully saturated rings. The molecule has 1 atom stereocenters. The molecule has 0 radical (unpaired) electrons. The highest BCUT2D eigenvalue weighted by Gasteiger charge is 2.26. The van der Waals surface area contributed by atoms with Crippen molar-refractivity contribution >= 4 is 11.4 Å². The first-order valence-electron chi connectivity index (χ1n) is 5.89. The SMILES string of the molecule is C=C(C)[C@@H]1CC(=O)C(C)=C(c2ccccn2)C1. The summed E-state index contributed by atoms with van der Waals surface area (Å²) in [7, 11) is 0. The van der Waals surface area contributed by atoms with Gasteiger partial charge in [0.1, 0.15) is 0 Å². The number of Topliss-reactive ketones (excluding diaryl/α,β-unsaturated/α-hetero) is 1. The quantitative estimate of drug-likeness (QED) is 0.725. The molecule has 2 nitrogen and oxygen atoms in total. The molecule has 0 saturated carbocycles. The minimum absolute atomic E-state index is 0.227. The lowest BCUT2D eigenvalue weighted by Gasteiger charge is -2.25. The summed E-state index contributed by atoms with van der Waals surface area (Å²) in [6.45, 7) is 7.87. The van der Waals surface area contributed by atoms with Gasteiger partial charge in [0.15, 0.2) is 5.78 Å². The van der Waals surface area contributed by atoms with Gasteiger partial charge < -0.3 is 0 Å². The summed E-state index contributed by atoms with van der Waals surface area (Å²) in [5.41, 5.74) is 3.94. The highest BCUT2D eigenvalue weighted by molar-refractivity contribution is 6.03. The monoisotopic (exact) mass is 227 g/mol. The number of hydrogen-bond acceptors (Lipinski definition) is 2. The van der Waals surface area contributed by atoms with Gasteiger partial charge in [-0.1, -0.05) is 18.2 Å². The number of carbonyl (C=O) groups excluding carboxylic acids is 1. The van der Waals surface area contributed by atoms with Crippen molar-refractivity contribution in [1.82, 2.24) is 4.98 Å². The van der Waals surface area contributed by atoms with E-state index in [0.29, 0.717) is 6.42 Å². The Morgan fingerprint density at radius 1 is 1.41 bits per heavy atom. The molecule has 0 N–H and O–H groups in total. The summed E-state index contributed by atoms with van der Waals surface area (Å²) in [5, 5.41) is 0. The van der Waals surface area contributed by atoms with Gasteiger partial charge in [0.05, 0.1) is 5.69 Å². The lowest BCUT2D eigenvalue weighted by molar-refractivity contribution is -0.116. The lowest BCUT2D eigenvalue weighted by Crippen LogP contribution is -2.18. The van der Waals surface area contributed by atoms with Crippen molar-refractivity contribution in [1.29, 1.82) is 0 Å². The number of nitrogens with zero attached hydrogens (tertiary/aromatic N) is 1.